The smallest absolute Gasteiger partial charge is 0.320 e. The molecule has 16 heavy (non-hydrogen) atoms. The number of carbonyl (C=O) groups is 1. The van der Waals surface area contributed by atoms with Crippen molar-refractivity contribution in [3.63, 3.8) is 0 Å². The van der Waals surface area contributed by atoms with E-state index in [1.54, 1.807) is 0 Å². The summed E-state index contributed by atoms with van der Waals surface area (Å²) in [5, 5.41) is 11.9. The van der Waals surface area contributed by atoms with Crippen LogP contribution in [-0.2, 0) is 11.2 Å². The Labute approximate surface area is 103 Å². The molecule has 2 atom stereocenters. The molecule has 4 heteroatoms. The average molecular weight is 284 g/mol. The van der Waals surface area contributed by atoms with Crippen LogP contribution in [0.1, 0.15) is 12.0 Å². The molecule has 0 aromatic heterocycles. The van der Waals surface area contributed by atoms with Crippen molar-refractivity contribution in [3.05, 3.63) is 34.3 Å². The molecule has 1 aliphatic rings. The first-order valence-corrected chi connectivity index (χ1v) is 6.15. The highest BCUT2D eigenvalue weighted by molar-refractivity contribution is 9.10. The van der Waals surface area contributed by atoms with E-state index in [4.69, 9.17) is 5.11 Å². The Kier molecular flexibility index (Phi) is 3.61. The third kappa shape index (κ3) is 2.83. The molecular weight excluding hydrogens is 270 g/mol. The fraction of sp³-hybridized carbons (Fsp3) is 0.417. The number of rotatable bonds is 3. The van der Waals surface area contributed by atoms with Crippen molar-refractivity contribution in [2.45, 2.75) is 18.9 Å². The molecule has 0 saturated carbocycles. The number of carboxylic acid groups (broad SMARTS) is 1. The van der Waals surface area contributed by atoms with Gasteiger partial charge in [0.2, 0.25) is 0 Å². The van der Waals surface area contributed by atoms with Crippen LogP contribution in [-0.4, -0.2) is 23.7 Å². The molecule has 0 bridgehead atoms. The standard InChI is InChI=1S/C12H14BrNO2/c13-10-3-1-8(2-4-10)5-9-6-11(12(15)16)14-7-9/h1-4,9,11,14H,5-7H2,(H,15,16)/t9-,11-/m1/s1. The SMILES string of the molecule is O=C(O)[C@H]1C[C@@H](Cc2ccc(Br)cc2)CN1. The molecule has 1 aliphatic heterocycles. The second-order valence-corrected chi connectivity index (χ2v) is 5.15. The van der Waals surface area contributed by atoms with Crippen molar-refractivity contribution < 1.29 is 9.90 Å². The van der Waals surface area contributed by atoms with Crippen LogP contribution in [0.4, 0.5) is 0 Å². The van der Waals surface area contributed by atoms with E-state index in [1.807, 2.05) is 12.1 Å². The number of carboxylic acids is 1. The van der Waals surface area contributed by atoms with Crippen molar-refractivity contribution >= 4 is 21.9 Å². The van der Waals surface area contributed by atoms with Crippen molar-refractivity contribution in [1.82, 2.24) is 5.32 Å². The highest BCUT2D eigenvalue weighted by Gasteiger charge is 2.28. The van der Waals surface area contributed by atoms with Gasteiger partial charge in [-0.05, 0) is 43.0 Å². The van der Waals surface area contributed by atoms with Crippen molar-refractivity contribution in [2.75, 3.05) is 6.54 Å². The van der Waals surface area contributed by atoms with Crippen LogP contribution in [0.25, 0.3) is 0 Å². The van der Waals surface area contributed by atoms with E-state index in [-0.39, 0.29) is 6.04 Å². The largest absolute Gasteiger partial charge is 0.480 e. The lowest BCUT2D eigenvalue weighted by atomic mass is 9.97. The highest BCUT2D eigenvalue weighted by Crippen LogP contribution is 2.20. The van der Waals surface area contributed by atoms with Gasteiger partial charge in [-0.3, -0.25) is 4.79 Å². The Bertz CT molecular complexity index is 377. The summed E-state index contributed by atoms with van der Waals surface area (Å²) in [5.74, 6) is -0.305. The van der Waals surface area contributed by atoms with Gasteiger partial charge in [0.15, 0.2) is 0 Å². The van der Waals surface area contributed by atoms with Gasteiger partial charge in [0.25, 0.3) is 0 Å². The number of halogens is 1. The predicted octanol–water partition coefficient (Wildman–Crippen LogP) is 2.05. The number of nitrogens with one attached hydrogen (secondary N) is 1. The van der Waals surface area contributed by atoms with Crippen LogP contribution in [0, 0.1) is 5.92 Å². The molecule has 2 N–H and O–H groups in total. The molecule has 1 aromatic rings. The van der Waals surface area contributed by atoms with Gasteiger partial charge >= 0.3 is 5.97 Å². The average Bonchev–Trinajstić information content (AvgIpc) is 2.70. The molecule has 1 heterocycles. The molecule has 1 saturated heterocycles. The second kappa shape index (κ2) is 4.97. The van der Waals surface area contributed by atoms with E-state index in [9.17, 15) is 4.79 Å². The van der Waals surface area contributed by atoms with Crippen LogP contribution in [0.3, 0.4) is 0 Å². The molecule has 2 rings (SSSR count). The van der Waals surface area contributed by atoms with Gasteiger partial charge in [-0.1, -0.05) is 28.1 Å². The maximum atomic E-state index is 10.8. The van der Waals surface area contributed by atoms with Gasteiger partial charge < -0.3 is 10.4 Å². The first-order chi connectivity index (χ1) is 7.65. The Balaban J connectivity index is 1.92. The molecule has 0 amide bonds. The predicted molar refractivity (Wildman–Crippen MR) is 65.4 cm³/mol. The molecular formula is C12H14BrNO2. The third-order valence-electron chi connectivity index (χ3n) is 2.96. The fourth-order valence-corrected chi connectivity index (χ4v) is 2.37. The summed E-state index contributed by atoms with van der Waals surface area (Å²) >= 11 is 3.40. The minimum atomic E-state index is -0.738. The summed E-state index contributed by atoms with van der Waals surface area (Å²) < 4.78 is 1.07. The maximum absolute atomic E-state index is 10.8. The van der Waals surface area contributed by atoms with Crippen LogP contribution in [0.15, 0.2) is 28.7 Å². The molecule has 0 radical (unpaired) electrons. The van der Waals surface area contributed by atoms with Gasteiger partial charge in [0.1, 0.15) is 6.04 Å². The lowest BCUT2D eigenvalue weighted by Crippen LogP contribution is -2.29. The van der Waals surface area contributed by atoms with E-state index in [0.717, 1.165) is 23.9 Å². The molecule has 0 aliphatic carbocycles. The second-order valence-electron chi connectivity index (χ2n) is 4.23. The zero-order chi connectivity index (χ0) is 11.5. The fourth-order valence-electron chi connectivity index (χ4n) is 2.11. The normalized spacial score (nSPS) is 24.6. The van der Waals surface area contributed by atoms with Crippen LogP contribution in [0.5, 0.6) is 0 Å². The first kappa shape index (κ1) is 11.6. The van der Waals surface area contributed by atoms with Crippen LogP contribution >= 0.6 is 15.9 Å². The summed E-state index contributed by atoms with van der Waals surface area (Å²) in [6.07, 6.45) is 1.68. The van der Waals surface area contributed by atoms with Gasteiger partial charge in [-0.15, -0.1) is 0 Å². The third-order valence-corrected chi connectivity index (χ3v) is 3.49. The molecule has 1 aromatic carbocycles. The van der Waals surface area contributed by atoms with Gasteiger partial charge in [0, 0.05) is 4.47 Å². The Morgan fingerprint density at radius 1 is 1.44 bits per heavy atom. The first-order valence-electron chi connectivity index (χ1n) is 5.36. The zero-order valence-corrected chi connectivity index (χ0v) is 10.4. The summed E-state index contributed by atoms with van der Waals surface area (Å²) in [5.41, 5.74) is 1.26. The lowest BCUT2D eigenvalue weighted by Gasteiger charge is -2.08. The summed E-state index contributed by atoms with van der Waals surface area (Å²) in [6, 6.07) is 7.84. The van der Waals surface area contributed by atoms with E-state index in [2.05, 4.69) is 33.4 Å². The Morgan fingerprint density at radius 2 is 2.12 bits per heavy atom. The van der Waals surface area contributed by atoms with Gasteiger partial charge in [-0.25, -0.2) is 0 Å². The zero-order valence-electron chi connectivity index (χ0n) is 8.82. The highest BCUT2D eigenvalue weighted by atomic mass is 79.9. The van der Waals surface area contributed by atoms with Gasteiger partial charge in [-0.2, -0.15) is 0 Å². The molecule has 1 fully saturated rings. The quantitative estimate of drug-likeness (QED) is 0.893. The molecule has 3 nitrogen and oxygen atoms in total. The van der Waals surface area contributed by atoms with E-state index >= 15 is 0 Å². The molecule has 0 unspecified atom stereocenters. The maximum Gasteiger partial charge on any atom is 0.320 e. The van der Waals surface area contributed by atoms with Crippen LogP contribution in [0.2, 0.25) is 0 Å². The van der Waals surface area contributed by atoms with Crippen LogP contribution < -0.4 is 5.32 Å². The monoisotopic (exact) mass is 283 g/mol. The Morgan fingerprint density at radius 3 is 2.69 bits per heavy atom. The van der Waals surface area contributed by atoms with Crippen molar-refractivity contribution in [3.8, 4) is 0 Å². The molecule has 0 spiro atoms. The summed E-state index contributed by atoms with van der Waals surface area (Å²) in [7, 11) is 0. The minimum absolute atomic E-state index is 0.361. The summed E-state index contributed by atoms with van der Waals surface area (Å²) in [4.78, 5) is 10.8. The number of benzene rings is 1. The van der Waals surface area contributed by atoms with E-state index < -0.39 is 5.97 Å². The number of hydrogen-bond donors (Lipinski definition) is 2. The van der Waals surface area contributed by atoms with Gasteiger partial charge in [0.05, 0.1) is 0 Å². The van der Waals surface area contributed by atoms with Crippen molar-refractivity contribution in [1.29, 1.82) is 0 Å². The lowest BCUT2D eigenvalue weighted by molar-refractivity contribution is -0.139. The van der Waals surface area contributed by atoms with E-state index in [0.29, 0.717) is 5.92 Å². The van der Waals surface area contributed by atoms with E-state index in [1.165, 1.54) is 5.56 Å². The number of aliphatic carboxylic acids is 1. The summed E-state index contributed by atoms with van der Waals surface area (Å²) in [6.45, 7) is 0.799. The molecule has 86 valence electrons. The van der Waals surface area contributed by atoms with Crippen molar-refractivity contribution in [2.24, 2.45) is 5.92 Å². The number of hydrogen-bond acceptors (Lipinski definition) is 2. The minimum Gasteiger partial charge on any atom is -0.480 e. The topological polar surface area (TPSA) is 49.3 Å². The Hall–Kier alpha value is -0.870.